The van der Waals surface area contributed by atoms with Crippen LogP contribution >= 0.6 is 0 Å². The number of carboxylic acid groups (broad SMARTS) is 1. The van der Waals surface area contributed by atoms with Gasteiger partial charge in [0.1, 0.15) is 11.5 Å². The molecule has 0 saturated carbocycles. The van der Waals surface area contributed by atoms with E-state index >= 15 is 0 Å². The fraction of sp³-hybridized carbons (Fsp3) is 0.364. The number of carbonyl (C=O) groups excluding carboxylic acids is 1. The first-order valence-electron chi connectivity index (χ1n) is 9.80. The highest BCUT2D eigenvalue weighted by atomic mass is 16.5. The third kappa shape index (κ3) is 4.86. The number of furan rings is 1. The molecule has 7 nitrogen and oxygen atoms in total. The number of amides is 1. The molecule has 1 aromatic carbocycles. The van der Waals surface area contributed by atoms with Crippen molar-refractivity contribution in [3.63, 3.8) is 0 Å². The van der Waals surface area contributed by atoms with Gasteiger partial charge in [0.15, 0.2) is 0 Å². The Kier molecular flexibility index (Phi) is 6.72. The lowest BCUT2D eigenvalue weighted by atomic mass is 10.0. The third-order valence-electron chi connectivity index (χ3n) is 4.92. The minimum Gasteiger partial charge on any atom is -0.478 e. The topological polar surface area (TPSA) is 106 Å². The van der Waals surface area contributed by atoms with Crippen LogP contribution in [-0.2, 0) is 9.53 Å². The number of nitrogens with two attached hydrogens (primary N) is 1. The third-order valence-corrected chi connectivity index (χ3v) is 4.92. The molecule has 3 N–H and O–H groups in total. The number of carboxylic acids is 1. The van der Waals surface area contributed by atoms with Crippen molar-refractivity contribution in [1.82, 2.24) is 0 Å². The van der Waals surface area contributed by atoms with E-state index in [1.807, 2.05) is 17.9 Å². The molecular formula is C22H26N2O5. The van der Waals surface area contributed by atoms with Gasteiger partial charge < -0.3 is 24.9 Å². The van der Waals surface area contributed by atoms with Crippen LogP contribution in [0.1, 0.15) is 42.3 Å². The normalized spacial score (nSPS) is 14.8. The zero-order valence-electron chi connectivity index (χ0n) is 16.5. The molecule has 7 heteroatoms. The van der Waals surface area contributed by atoms with Crippen molar-refractivity contribution in [2.45, 2.75) is 26.2 Å². The van der Waals surface area contributed by atoms with E-state index in [-0.39, 0.29) is 5.56 Å². The number of primary amides is 1. The molecule has 2 aromatic rings. The zero-order valence-corrected chi connectivity index (χ0v) is 16.5. The Morgan fingerprint density at radius 2 is 1.97 bits per heavy atom. The quantitative estimate of drug-likeness (QED) is 0.659. The second kappa shape index (κ2) is 9.43. The number of hydrogen-bond acceptors (Lipinski definition) is 5. The highest BCUT2D eigenvalue weighted by Crippen LogP contribution is 2.36. The minimum absolute atomic E-state index is 0.221. The maximum atomic E-state index is 11.8. The minimum atomic E-state index is -0.990. The van der Waals surface area contributed by atoms with Crippen LogP contribution in [0.25, 0.3) is 17.4 Å². The first-order valence-corrected chi connectivity index (χ1v) is 9.80. The molecule has 1 amide bonds. The van der Waals surface area contributed by atoms with Crippen molar-refractivity contribution in [2.24, 2.45) is 5.73 Å². The molecule has 3 rings (SSSR count). The van der Waals surface area contributed by atoms with E-state index in [0.717, 1.165) is 12.8 Å². The average Bonchev–Trinajstić information content (AvgIpc) is 3.19. The van der Waals surface area contributed by atoms with Crippen LogP contribution in [0, 0.1) is 0 Å². The summed E-state index contributed by atoms with van der Waals surface area (Å²) in [5, 5.41) is 9.69. The van der Waals surface area contributed by atoms with Crippen LogP contribution in [0.5, 0.6) is 0 Å². The number of rotatable bonds is 8. The van der Waals surface area contributed by atoms with Crippen LogP contribution in [0.4, 0.5) is 5.69 Å². The molecule has 29 heavy (non-hydrogen) atoms. The molecular weight excluding hydrogens is 372 g/mol. The zero-order chi connectivity index (χ0) is 20.8. The summed E-state index contributed by atoms with van der Waals surface area (Å²) >= 11 is 0. The Balaban J connectivity index is 2.00. The van der Waals surface area contributed by atoms with Gasteiger partial charge in [0.05, 0.1) is 24.5 Å². The molecule has 1 fully saturated rings. The number of anilines is 1. The number of unbranched alkanes of at least 4 members (excludes halogenated alkanes) is 1. The molecule has 0 spiro atoms. The number of benzene rings is 1. The summed E-state index contributed by atoms with van der Waals surface area (Å²) in [4.78, 5) is 25.5. The lowest BCUT2D eigenvalue weighted by Crippen LogP contribution is -2.37. The SMILES string of the molecule is CCCC/C(=C\c1ccc(-c2cccc(C(=O)O)c2N2CCOCC2)o1)C(N)=O. The number of hydrogen-bond donors (Lipinski definition) is 2. The average molecular weight is 398 g/mol. The maximum Gasteiger partial charge on any atom is 0.337 e. The van der Waals surface area contributed by atoms with Gasteiger partial charge in [-0.2, -0.15) is 0 Å². The summed E-state index contributed by atoms with van der Waals surface area (Å²) in [6.45, 7) is 4.34. The molecule has 1 saturated heterocycles. The molecule has 1 aliphatic heterocycles. The van der Waals surface area contributed by atoms with E-state index < -0.39 is 11.9 Å². The summed E-state index contributed by atoms with van der Waals surface area (Å²) in [5.41, 5.74) is 7.54. The van der Waals surface area contributed by atoms with Gasteiger partial charge in [0.25, 0.3) is 0 Å². The fourth-order valence-electron chi connectivity index (χ4n) is 3.42. The van der Waals surface area contributed by atoms with Crippen LogP contribution in [0.15, 0.2) is 40.3 Å². The molecule has 0 radical (unpaired) electrons. The maximum absolute atomic E-state index is 11.8. The van der Waals surface area contributed by atoms with E-state index in [4.69, 9.17) is 14.9 Å². The molecule has 154 valence electrons. The van der Waals surface area contributed by atoms with Crippen LogP contribution in [-0.4, -0.2) is 43.3 Å². The Morgan fingerprint density at radius 1 is 1.21 bits per heavy atom. The van der Waals surface area contributed by atoms with Crippen molar-refractivity contribution in [3.05, 3.63) is 47.2 Å². The molecule has 0 unspecified atom stereocenters. The summed E-state index contributed by atoms with van der Waals surface area (Å²) in [6, 6.07) is 8.69. The molecule has 2 heterocycles. The highest BCUT2D eigenvalue weighted by Gasteiger charge is 2.23. The summed E-state index contributed by atoms with van der Waals surface area (Å²) in [6.07, 6.45) is 4.08. The lowest BCUT2D eigenvalue weighted by molar-refractivity contribution is -0.114. The van der Waals surface area contributed by atoms with Gasteiger partial charge >= 0.3 is 5.97 Å². The second-order valence-electron chi connectivity index (χ2n) is 6.95. The number of morpholine rings is 1. The van der Waals surface area contributed by atoms with E-state index in [0.29, 0.717) is 61.1 Å². The summed E-state index contributed by atoms with van der Waals surface area (Å²) in [5.74, 6) is -0.396. The number of ether oxygens (including phenoxy) is 1. The predicted octanol–water partition coefficient (Wildman–Crippen LogP) is 3.54. The van der Waals surface area contributed by atoms with E-state index in [1.54, 1.807) is 30.3 Å². The van der Waals surface area contributed by atoms with Gasteiger partial charge in [-0.25, -0.2) is 4.79 Å². The second-order valence-corrected chi connectivity index (χ2v) is 6.95. The summed E-state index contributed by atoms with van der Waals surface area (Å²) < 4.78 is 11.4. The van der Waals surface area contributed by atoms with Gasteiger partial charge in [0.2, 0.25) is 5.91 Å². The number of aromatic carboxylic acids is 1. The van der Waals surface area contributed by atoms with Crippen molar-refractivity contribution in [1.29, 1.82) is 0 Å². The molecule has 0 atom stereocenters. The van der Waals surface area contributed by atoms with Gasteiger partial charge in [0, 0.05) is 24.2 Å². The fourth-order valence-corrected chi connectivity index (χ4v) is 3.42. The number of nitrogens with zero attached hydrogens (tertiary/aromatic N) is 1. The first kappa shape index (κ1) is 20.7. The van der Waals surface area contributed by atoms with Crippen LogP contribution in [0.2, 0.25) is 0 Å². The van der Waals surface area contributed by atoms with E-state index in [1.165, 1.54) is 0 Å². The monoisotopic (exact) mass is 398 g/mol. The number of para-hydroxylation sites is 1. The van der Waals surface area contributed by atoms with Crippen molar-refractivity contribution in [3.8, 4) is 11.3 Å². The van der Waals surface area contributed by atoms with Crippen molar-refractivity contribution in [2.75, 3.05) is 31.2 Å². The standard InChI is InChI=1S/C22H26N2O5/c1-2-3-5-15(21(23)25)14-16-8-9-19(29-16)17-6-4-7-18(22(26)27)20(17)24-10-12-28-13-11-24/h4,6-9,14H,2-3,5,10-13H2,1H3,(H2,23,25)(H,26,27)/b15-14+. The van der Waals surface area contributed by atoms with Gasteiger partial charge in [-0.1, -0.05) is 19.4 Å². The van der Waals surface area contributed by atoms with E-state index in [2.05, 4.69) is 0 Å². The summed E-state index contributed by atoms with van der Waals surface area (Å²) in [7, 11) is 0. The largest absolute Gasteiger partial charge is 0.478 e. The Bertz CT molecular complexity index is 910. The highest BCUT2D eigenvalue weighted by molar-refractivity contribution is 5.99. The predicted molar refractivity (Wildman–Crippen MR) is 111 cm³/mol. The van der Waals surface area contributed by atoms with Crippen LogP contribution < -0.4 is 10.6 Å². The van der Waals surface area contributed by atoms with Crippen LogP contribution in [0.3, 0.4) is 0 Å². The van der Waals surface area contributed by atoms with E-state index in [9.17, 15) is 14.7 Å². The van der Waals surface area contributed by atoms with Crippen molar-refractivity contribution < 1.29 is 23.8 Å². The molecule has 1 aromatic heterocycles. The Morgan fingerprint density at radius 3 is 2.62 bits per heavy atom. The van der Waals surface area contributed by atoms with Gasteiger partial charge in [-0.3, -0.25) is 4.79 Å². The lowest BCUT2D eigenvalue weighted by Gasteiger charge is -2.31. The van der Waals surface area contributed by atoms with Crippen molar-refractivity contribution >= 4 is 23.6 Å². The van der Waals surface area contributed by atoms with Gasteiger partial charge in [-0.05, 0) is 43.2 Å². The number of carbonyl (C=O) groups is 2. The Labute approximate surface area is 169 Å². The molecule has 1 aliphatic rings. The van der Waals surface area contributed by atoms with Gasteiger partial charge in [-0.15, -0.1) is 0 Å². The molecule has 0 bridgehead atoms. The molecule has 0 aliphatic carbocycles. The first-order chi connectivity index (χ1) is 14.0. The Hall–Kier alpha value is -3.06. The smallest absolute Gasteiger partial charge is 0.337 e.